The molecule has 1 aliphatic carbocycles. The monoisotopic (exact) mass is 302 g/mol. The van der Waals surface area contributed by atoms with Crippen molar-refractivity contribution in [1.29, 1.82) is 0 Å². The lowest BCUT2D eigenvalue weighted by Crippen LogP contribution is -2.35. The molecule has 1 heterocycles. The summed E-state index contributed by atoms with van der Waals surface area (Å²) >= 11 is 0. The van der Waals surface area contributed by atoms with E-state index in [0.29, 0.717) is 0 Å². The minimum absolute atomic E-state index is 0.0478. The van der Waals surface area contributed by atoms with Gasteiger partial charge in [-0.2, -0.15) is 0 Å². The maximum Gasteiger partial charge on any atom is 0.223 e. The predicted molar refractivity (Wildman–Crippen MR) is 79.1 cm³/mol. The molecule has 5 nitrogen and oxygen atoms in total. The molecular weight excluding hydrogens is 276 g/mol. The predicted octanol–water partition coefficient (Wildman–Crippen LogP) is 0.563. The van der Waals surface area contributed by atoms with Gasteiger partial charge in [-0.3, -0.25) is 4.79 Å². The van der Waals surface area contributed by atoms with Crippen LogP contribution in [0.25, 0.3) is 0 Å². The normalized spacial score (nSPS) is 24.9. The van der Waals surface area contributed by atoms with Gasteiger partial charge in [-0.1, -0.05) is 13.8 Å². The standard InChI is InChI=1S/C14H26N2O3S/c1-11(2)10-20(18,19)8-7-16-13(17)12-9-14(12)3-5-15-6-4-14/h11-12,15H,3-10H2,1-2H3,(H,16,17). The Bertz CT molecular complexity index is 453. The molecule has 1 saturated heterocycles. The number of hydrogen-bond donors (Lipinski definition) is 2. The van der Waals surface area contributed by atoms with Crippen LogP contribution in [0.1, 0.15) is 33.1 Å². The zero-order chi connectivity index (χ0) is 14.8. The van der Waals surface area contributed by atoms with Crippen molar-refractivity contribution in [1.82, 2.24) is 10.6 Å². The highest BCUT2D eigenvalue weighted by Crippen LogP contribution is 2.58. The van der Waals surface area contributed by atoms with Gasteiger partial charge in [0.1, 0.15) is 0 Å². The molecule has 2 fully saturated rings. The Morgan fingerprint density at radius 1 is 1.35 bits per heavy atom. The Labute approximate surface area is 121 Å². The third-order valence-electron chi connectivity index (χ3n) is 4.41. The van der Waals surface area contributed by atoms with Crippen molar-refractivity contribution < 1.29 is 13.2 Å². The van der Waals surface area contributed by atoms with Crippen LogP contribution in [0.3, 0.4) is 0 Å². The molecule has 2 aliphatic rings. The van der Waals surface area contributed by atoms with Crippen LogP contribution in [-0.4, -0.2) is 45.5 Å². The number of amides is 1. The molecule has 2 N–H and O–H groups in total. The average molecular weight is 302 g/mol. The number of sulfone groups is 1. The summed E-state index contributed by atoms with van der Waals surface area (Å²) < 4.78 is 23.5. The Morgan fingerprint density at radius 2 is 2.00 bits per heavy atom. The molecule has 2 rings (SSSR count). The molecular formula is C14H26N2O3S. The van der Waals surface area contributed by atoms with E-state index in [0.717, 1.165) is 32.4 Å². The van der Waals surface area contributed by atoms with E-state index >= 15 is 0 Å². The van der Waals surface area contributed by atoms with Gasteiger partial charge in [0.15, 0.2) is 9.84 Å². The van der Waals surface area contributed by atoms with Gasteiger partial charge in [-0.05, 0) is 43.7 Å². The average Bonchev–Trinajstić information content (AvgIpc) is 3.02. The summed E-state index contributed by atoms with van der Waals surface area (Å²) in [6.45, 7) is 6.01. The van der Waals surface area contributed by atoms with E-state index < -0.39 is 9.84 Å². The highest BCUT2D eigenvalue weighted by Gasteiger charge is 2.57. The molecule has 1 saturated carbocycles. The first kappa shape index (κ1) is 15.8. The van der Waals surface area contributed by atoms with Crippen LogP contribution < -0.4 is 10.6 Å². The van der Waals surface area contributed by atoms with Gasteiger partial charge in [0.2, 0.25) is 5.91 Å². The van der Waals surface area contributed by atoms with E-state index in [4.69, 9.17) is 0 Å². The number of hydrogen-bond acceptors (Lipinski definition) is 4. The fraction of sp³-hybridized carbons (Fsp3) is 0.929. The van der Waals surface area contributed by atoms with Crippen molar-refractivity contribution >= 4 is 15.7 Å². The largest absolute Gasteiger partial charge is 0.355 e. The number of carbonyl (C=O) groups excluding carboxylic acids is 1. The fourth-order valence-corrected chi connectivity index (χ4v) is 4.84. The Balaban J connectivity index is 1.72. The lowest BCUT2D eigenvalue weighted by molar-refractivity contribution is -0.123. The van der Waals surface area contributed by atoms with E-state index in [1.54, 1.807) is 0 Å². The second-order valence-corrected chi connectivity index (χ2v) is 8.90. The molecule has 6 heteroatoms. The number of carbonyl (C=O) groups is 1. The van der Waals surface area contributed by atoms with E-state index in [2.05, 4.69) is 10.6 Å². The molecule has 1 atom stereocenters. The first-order valence-corrected chi connectivity index (χ1v) is 9.36. The highest BCUT2D eigenvalue weighted by molar-refractivity contribution is 7.91. The van der Waals surface area contributed by atoms with Crippen LogP contribution in [0.15, 0.2) is 0 Å². The molecule has 0 aromatic carbocycles. The van der Waals surface area contributed by atoms with Crippen LogP contribution in [0, 0.1) is 17.3 Å². The van der Waals surface area contributed by atoms with Crippen LogP contribution in [0.4, 0.5) is 0 Å². The van der Waals surface area contributed by atoms with Crippen LogP contribution in [0.5, 0.6) is 0 Å². The molecule has 0 aromatic rings. The zero-order valence-electron chi connectivity index (χ0n) is 12.4. The number of rotatable bonds is 6. The summed E-state index contributed by atoms with van der Waals surface area (Å²) in [4.78, 5) is 12.1. The number of piperidine rings is 1. The van der Waals surface area contributed by atoms with Gasteiger partial charge in [-0.25, -0.2) is 8.42 Å². The van der Waals surface area contributed by atoms with E-state index in [-0.39, 0.29) is 41.2 Å². The first-order valence-electron chi connectivity index (χ1n) is 7.53. The maximum atomic E-state index is 12.1. The topological polar surface area (TPSA) is 75.3 Å². The summed E-state index contributed by atoms with van der Waals surface area (Å²) in [6.07, 6.45) is 3.10. The molecule has 20 heavy (non-hydrogen) atoms. The lowest BCUT2D eigenvalue weighted by Gasteiger charge is -2.23. The van der Waals surface area contributed by atoms with Crippen molar-refractivity contribution in [2.75, 3.05) is 31.1 Å². The summed E-state index contributed by atoms with van der Waals surface area (Å²) in [5, 5.41) is 6.12. The summed E-state index contributed by atoms with van der Waals surface area (Å²) in [5.74, 6) is 0.543. The van der Waals surface area contributed by atoms with Gasteiger partial charge < -0.3 is 10.6 Å². The van der Waals surface area contributed by atoms with Crippen molar-refractivity contribution in [2.45, 2.75) is 33.1 Å². The Hall–Kier alpha value is -0.620. The Morgan fingerprint density at radius 3 is 2.60 bits per heavy atom. The van der Waals surface area contributed by atoms with Crippen molar-refractivity contribution in [3.05, 3.63) is 0 Å². The molecule has 1 unspecified atom stereocenters. The fourth-order valence-electron chi connectivity index (χ4n) is 3.24. The molecule has 0 radical (unpaired) electrons. The first-order chi connectivity index (χ1) is 9.35. The SMILES string of the molecule is CC(C)CS(=O)(=O)CCNC(=O)C1CC12CCNCC2. The third kappa shape index (κ3) is 3.95. The van der Waals surface area contributed by atoms with Gasteiger partial charge in [0.25, 0.3) is 0 Å². The third-order valence-corrected chi connectivity index (χ3v) is 6.41. The van der Waals surface area contributed by atoms with Crippen LogP contribution in [-0.2, 0) is 14.6 Å². The molecule has 1 spiro atoms. The second-order valence-electron chi connectivity index (χ2n) is 6.67. The number of nitrogens with one attached hydrogen (secondary N) is 2. The molecule has 0 bridgehead atoms. The molecule has 1 amide bonds. The summed E-state index contributed by atoms with van der Waals surface area (Å²) in [6, 6.07) is 0. The van der Waals surface area contributed by atoms with Crippen molar-refractivity contribution in [3.8, 4) is 0 Å². The lowest BCUT2D eigenvalue weighted by atomic mass is 9.92. The minimum Gasteiger partial charge on any atom is -0.355 e. The van der Waals surface area contributed by atoms with Crippen LogP contribution >= 0.6 is 0 Å². The van der Waals surface area contributed by atoms with Gasteiger partial charge in [-0.15, -0.1) is 0 Å². The maximum absolute atomic E-state index is 12.1. The zero-order valence-corrected chi connectivity index (χ0v) is 13.3. The van der Waals surface area contributed by atoms with Crippen molar-refractivity contribution in [3.63, 3.8) is 0 Å². The molecule has 1 aliphatic heterocycles. The quantitative estimate of drug-likeness (QED) is 0.752. The van der Waals surface area contributed by atoms with Crippen LogP contribution in [0.2, 0.25) is 0 Å². The summed E-state index contributed by atoms with van der Waals surface area (Å²) in [7, 11) is -3.04. The van der Waals surface area contributed by atoms with Gasteiger partial charge in [0.05, 0.1) is 11.5 Å². The second kappa shape index (κ2) is 6.02. The Kier molecular flexibility index (Phi) is 4.74. The highest BCUT2D eigenvalue weighted by atomic mass is 32.2. The molecule has 0 aromatic heterocycles. The van der Waals surface area contributed by atoms with E-state index in [1.807, 2.05) is 13.8 Å². The minimum atomic E-state index is -3.04. The smallest absolute Gasteiger partial charge is 0.223 e. The van der Waals surface area contributed by atoms with E-state index in [1.165, 1.54) is 0 Å². The van der Waals surface area contributed by atoms with Gasteiger partial charge >= 0.3 is 0 Å². The molecule has 116 valence electrons. The summed E-state index contributed by atoms with van der Waals surface area (Å²) in [5.41, 5.74) is 0.214. The van der Waals surface area contributed by atoms with Gasteiger partial charge in [0, 0.05) is 12.5 Å². The van der Waals surface area contributed by atoms with Crippen molar-refractivity contribution in [2.24, 2.45) is 17.3 Å². The van der Waals surface area contributed by atoms with E-state index in [9.17, 15) is 13.2 Å².